The molecular formula is C11H12N4O2. The standard InChI is InChI=1S/C11H12N4O2/c1-17-8-4-2-7(3-5-8)15-11(13)9(6-16)10(12)14-15/h2-6H,13H2,1H3,(H2,12,14). The van der Waals surface area contributed by atoms with Crippen LogP contribution in [0, 0.1) is 0 Å². The van der Waals surface area contributed by atoms with Crippen LogP contribution in [0.2, 0.25) is 0 Å². The van der Waals surface area contributed by atoms with Gasteiger partial charge in [0.25, 0.3) is 0 Å². The Morgan fingerprint density at radius 2 is 1.94 bits per heavy atom. The van der Waals surface area contributed by atoms with Crippen LogP contribution in [0.4, 0.5) is 11.6 Å². The van der Waals surface area contributed by atoms with E-state index in [1.807, 2.05) is 0 Å². The molecule has 0 spiro atoms. The number of aldehydes is 1. The average molecular weight is 232 g/mol. The van der Waals surface area contributed by atoms with Gasteiger partial charge in [0.15, 0.2) is 12.1 Å². The van der Waals surface area contributed by atoms with E-state index in [1.165, 1.54) is 4.68 Å². The molecule has 1 heterocycles. The molecule has 6 heteroatoms. The Kier molecular flexibility index (Phi) is 2.70. The van der Waals surface area contributed by atoms with Crippen LogP contribution in [0.25, 0.3) is 5.69 Å². The van der Waals surface area contributed by atoms with Crippen molar-refractivity contribution in [1.82, 2.24) is 9.78 Å². The van der Waals surface area contributed by atoms with Crippen molar-refractivity contribution in [3.63, 3.8) is 0 Å². The van der Waals surface area contributed by atoms with Crippen molar-refractivity contribution in [1.29, 1.82) is 0 Å². The number of benzene rings is 1. The normalized spacial score (nSPS) is 10.2. The Bertz CT molecular complexity index is 545. The molecule has 4 N–H and O–H groups in total. The average Bonchev–Trinajstić information content (AvgIpc) is 2.64. The number of aromatic nitrogens is 2. The highest BCUT2D eigenvalue weighted by molar-refractivity contribution is 5.88. The van der Waals surface area contributed by atoms with Gasteiger partial charge in [-0.15, -0.1) is 5.10 Å². The lowest BCUT2D eigenvalue weighted by molar-refractivity contribution is 0.112. The molecule has 0 fully saturated rings. The second kappa shape index (κ2) is 4.17. The maximum Gasteiger partial charge on any atom is 0.158 e. The van der Waals surface area contributed by atoms with E-state index in [0.29, 0.717) is 12.0 Å². The Balaban J connectivity index is 2.49. The van der Waals surface area contributed by atoms with Gasteiger partial charge in [0, 0.05) is 0 Å². The SMILES string of the molecule is COc1ccc(-n2nc(N)c(C=O)c2N)cc1. The number of ether oxygens (including phenoxy) is 1. The molecule has 1 aromatic carbocycles. The Labute approximate surface area is 97.8 Å². The molecule has 88 valence electrons. The third-order valence-electron chi connectivity index (χ3n) is 2.42. The van der Waals surface area contributed by atoms with E-state index in [2.05, 4.69) is 5.10 Å². The van der Waals surface area contributed by atoms with Crippen molar-refractivity contribution in [2.24, 2.45) is 0 Å². The van der Waals surface area contributed by atoms with Gasteiger partial charge in [-0.3, -0.25) is 4.79 Å². The highest BCUT2D eigenvalue weighted by atomic mass is 16.5. The van der Waals surface area contributed by atoms with Crippen LogP contribution < -0.4 is 16.2 Å². The summed E-state index contributed by atoms with van der Waals surface area (Å²) in [6.45, 7) is 0. The fraction of sp³-hybridized carbons (Fsp3) is 0.0909. The fourth-order valence-electron chi connectivity index (χ4n) is 1.50. The number of rotatable bonds is 3. The molecule has 6 nitrogen and oxygen atoms in total. The van der Waals surface area contributed by atoms with Crippen molar-refractivity contribution < 1.29 is 9.53 Å². The summed E-state index contributed by atoms with van der Waals surface area (Å²) >= 11 is 0. The topological polar surface area (TPSA) is 96.2 Å². The molecule has 1 aromatic heterocycles. The first-order valence-electron chi connectivity index (χ1n) is 4.91. The highest BCUT2D eigenvalue weighted by Crippen LogP contribution is 2.22. The van der Waals surface area contributed by atoms with Gasteiger partial charge in [0.2, 0.25) is 0 Å². The number of anilines is 2. The molecule has 0 unspecified atom stereocenters. The van der Waals surface area contributed by atoms with Gasteiger partial charge in [-0.05, 0) is 24.3 Å². The van der Waals surface area contributed by atoms with Gasteiger partial charge in [-0.25, -0.2) is 4.68 Å². The van der Waals surface area contributed by atoms with Crippen LogP contribution in [-0.2, 0) is 0 Å². The summed E-state index contributed by atoms with van der Waals surface area (Å²) in [7, 11) is 1.58. The molecule has 2 aromatic rings. The first-order chi connectivity index (χ1) is 8.17. The van der Waals surface area contributed by atoms with Crippen molar-refractivity contribution in [3.05, 3.63) is 29.8 Å². The lowest BCUT2D eigenvalue weighted by Gasteiger charge is -2.05. The monoisotopic (exact) mass is 232 g/mol. The summed E-state index contributed by atoms with van der Waals surface area (Å²) in [5, 5.41) is 4.00. The van der Waals surface area contributed by atoms with E-state index in [1.54, 1.807) is 31.4 Å². The van der Waals surface area contributed by atoms with Crippen LogP contribution >= 0.6 is 0 Å². The quantitative estimate of drug-likeness (QED) is 0.765. The Morgan fingerprint density at radius 1 is 1.29 bits per heavy atom. The van der Waals surface area contributed by atoms with Crippen LogP contribution in [0.3, 0.4) is 0 Å². The molecule has 0 bridgehead atoms. The van der Waals surface area contributed by atoms with Crippen LogP contribution in [0.1, 0.15) is 10.4 Å². The third-order valence-corrected chi connectivity index (χ3v) is 2.42. The number of carbonyl (C=O) groups excluding carboxylic acids is 1. The van der Waals surface area contributed by atoms with Gasteiger partial charge in [-0.1, -0.05) is 0 Å². The van der Waals surface area contributed by atoms with E-state index < -0.39 is 0 Å². The summed E-state index contributed by atoms with van der Waals surface area (Å²) in [5.74, 6) is 1.07. The predicted molar refractivity (Wildman–Crippen MR) is 64.3 cm³/mol. The minimum absolute atomic E-state index is 0.119. The predicted octanol–water partition coefficient (Wildman–Crippen LogP) is 0.858. The van der Waals surface area contributed by atoms with Gasteiger partial charge in [-0.2, -0.15) is 0 Å². The summed E-state index contributed by atoms with van der Waals surface area (Å²) < 4.78 is 6.46. The van der Waals surface area contributed by atoms with Crippen molar-refractivity contribution in [3.8, 4) is 11.4 Å². The number of nitrogen functional groups attached to an aromatic ring is 2. The van der Waals surface area contributed by atoms with E-state index in [-0.39, 0.29) is 17.2 Å². The van der Waals surface area contributed by atoms with Crippen LogP contribution in [-0.4, -0.2) is 23.2 Å². The summed E-state index contributed by atoms with van der Waals surface area (Å²) in [5.41, 5.74) is 12.3. The largest absolute Gasteiger partial charge is 0.497 e. The van der Waals surface area contributed by atoms with Crippen LogP contribution in [0.5, 0.6) is 5.75 Å². The molecule has 0 aliphatic rings. The lowest BCUT2D eigenvalue weighted by atomic mass is 10.3. The minimum atomic E-state index is 0.119. The van der Waals surface area contributed by atoms with Gasteiger partial charge >= 0.3 is 0 Å². The highest BCUT2D eigenvalue weighted by Gasteiger charge is 2.13. The Morgan fingerprint density at radius 3 is 2.41 bits per heavy atom. The third kappa shape index (κ3) is 1.80. The number of nitrogens with zero attached hydrogens (tertiary/aromatic N) is 2. The van der Waals surface area contributed by atoms with E-state index in [4.69, 9.17) is 16.2 Å². The zero-order valence-electron chi connectivity index (χ0n) is 9.25. The molecule has 0 radical (unpaired) electrons. The number of hydrogen-bond donors (Lipinski definition) is 2. The number of nitrogens with two attached hydrogens (primary N) is 2. The first kappa shape index (κ1) is 11.0. The van der Waals surface area contributed by atoms with Gasteiger partial charge in [0.1, 0.15) is 17.1 Å². The first-order valence-corrected chi connectivity index (χ1v) is 4.91. The minimum Gasteiger partial charge on any atom is -0.497 e. The molecule has 0 atom stereocenters. The second-order valence-electron chi connectivity index (χ2n) is 3.41. The van der Waals surface area contributed by atoms with E-state index >= 15 is 0 Å². The summed E-state index contributed by atoms with van der Waals surface area (Å²) in [4.78, 5) is 10.8. The van der Waals surface area contributed by atoms with Crippen molar-refractivity contribution in [2.75, 3.05) is 18.6 Å². The second-order valence-corrected chi connectivity index (χ2v) is 3.41. The smallest absolute Gasteiger partial charge is 0.158 e. The van der Waals surface area contributed by atoms with Crippen molar-refractivity contribution >= 4 is 17.9 Å². The molecule has 17 heavy (non-hydrogen) atoms. The zero-order valence-corrected chi connectivity index (χ0v) is 9.25. The molecular weight excluding hydrogens is 220 g/mol. The molecule has 2 rings (SSSR count). The maximum atomic E-state index is 10.8. The zero-order chi connectivity index (χ0) is 12.4. The van der Waals surface area contributed by atoms with E-state index in [9.17, 15) is 4.79 Å². The van der Waals surface area contributed by atoms with Crippen molar-refractivity contribution in [2.45, 2.75) is 0 Å². The molecule has 0 saturated carbocycles. The molecule has 0 aliphatic carbocycles. The summed E-state index contributed by atoms with van der Waals surface area (Å²) in [6.07, 6.45) is 0.595. The fourth-order valence-corrected chi connectivity index (χ4v) is 1.50. The lowest BCUT2D eigenvalue weighted by Crippen LogP contribution is -2.02. The molecule has 0 saturated heterocycles. The van der Waals surface area contributed by atoms with E-state index in [0.717, 1.165) is 5.75 Å². The van der Waals surface area contributed by atoms with Gasteiger partial charge < -0.3 is 16.2 Å². The number of methoxy groups -OCH3 is 1. The summed E-state index contributed by atoms with van der Waals surface area (Å²) in [6, 6.07) is 7.09. The van der Waals surface area contributed by atoms with Crippen LogP contribution in [0.15, 0.2) is 24.3 Å². The Hall–Kier alpha value is -2.50. The molecule has 0 amide bonds. The molecule has 0 aliphatic heterocycles. The number of hydrogen-bond acceptors (Lipinski definition) is 5. The maximum absolute atomic E-state index is 10.8. The number of carbonyl (C=O) groups is 1. The van der Waals surface area contributed by atoms with Gasteiger partial charge in [0.05, 0.1) is 12.8 Å².